The van der Waals surface area contributed by atoms with Gasteiger partial charge in [0.25, 0.3) is 0 Å². The van der Waals surface area contributed by atoms with Crippen molar-refractivity contribution in [1.82, 2.24) is 4.90 Å². The third-order valence-corrected chi connectivity index (χ3v) is 5.77. The number of rotatable bonds is 5. The van der Waals surface area contributed by atoms with Crippen molar-refractivity contribution in [3.05, 3.63) is 35.2 Å². The van der Waals surface area contributed by atoms with E-state index >= 15 is 0 Å². The number of hydrogen-bond acceptors (Lipinski definition) is 3. The van der Waals surface area contributed by atoms with Gasteiger partial charge in [-0.15, -0.1) is 11.3 Å². The summed E-state index contributed by atoms with van der Waals surface area (Å²) in [7, 11) is 0. The normalized spacial score (nSPS) is 21.7. The first kappa shape index (κ1) is 15.0. The predicted octanol–water partition coefficient (Wildman–Crippen LogP) is 4.56. The van der Waals surface area contributed by atoms with Gasteiger partial charge < -0.3 is 5.73 Å². The van der Waals surface area contributed by atoms with Gasteiger partial charge in [-0.2, -0.15) is 0 Å². The van der Waals surface area contributed by atoms with Crippen molar-refractivity contribution in [2.45, 2.75) is 51.1 Å². The van der Waals surface area contributed by atoms with Crippen molar-refractivity contribution >= 4 is 21.4 Å². The number of thiophene rings is 1. The molecule has 2 N–H and O–H groups in total. The van der Waals surface area contributed by atoms with Crippen LogP contribution in [-0.2, 0) is 0 Å². The van der Waals surface area contributed by atoms with Crippen LogP contribution in [0, 0.1) is 0 Å². The minimum atomic E-state index is 0.387. The van der Waals surface area contributed by atoms with Gasteiger partial charge >= 0.3 is 0 Å². The molecule has 114 valence electrons. The van der Waals surface area contributed by atoms with Gasteiger partial charge in [0.1, 0.15) is 0 Å². The summed E-state index contributed by atoms with van der Waals surface area (Å²) in [5, 5.41) is 3.73. The number of nitrogens with zero attached hydrogens (tertiary/aromatic N) is 1. The van der Waals surface area contributed by atoms with Crippen LogP contribution in [0.1, 0.15) is 50.6 Å². The molecular weight excluding hydrogens is 276 g/mol. The lowest BCUT2D eigenvalue weighted by Crippen LogP contribution is -2.44. The Bertz CT molecular complexity index is 575. The highest BCUT2D eigenvalue weighted by atomic mass is 32.1. The third-order valence-electron chi connectivity index (χ3n) is 4.79. The maximum Gasteiger partial charge on any atom is 0.0487 e. The van der Waals surface area contributed by atoms with E-state index < -0.39 is 0 Å². The monoisotopic (exact) mass is 302 g/mol. The number of fused-ring (bicyclic) bond motifs is 1. The molecule has 21 heavy (non-hydrogen) atoms. The highest BCUT2D eigenvalue weighted by Crippen LogP contribution is 2.36. The van der Waals surface area contributed by atoms with Crippen LogP contribution in [0.25, 0.3) is 10.1 Å². The van der Waals surface area contributed by atoms with Crippen molar-refractivity contribution in [2.75, 3.05) is 13.1 Å². The van der Waals surface area contributed by atoms with Crippen molar-refractivity contribution in [1.29, 1.82) is 0 Å². The Balaban J connectivity index is 1.93. The summed E-state index contributed by atoms with van der Waals surface area (Å²) in [6.45, 7) is 4.22. The van der Waals surface area contributed by atoms with Crippen LogP contribution in [0.2, 0.25) is 0 Å². The molecule has 2 aromatic rings. The average Bonchev–Trinajstić information content (AvgIpc) is 2.94. The molecule has 1 fully saturated rings. The molecule has 1 aromatic heterocycles. The summed E-state index contributed by atoms with van der Waals surface area (Å²) in [5.74, 6) is 0. The predicted molar refractivity (Wildman–Crippen MR) is 92.9 cm³/mol. The zero-order valence-electron chi connectivity index (χ0n) is 12.9. The van der Waals surface area contributed by atoms with Gasteiger partial charge in [-0.3, -0.25) is 4.90 Å². The van der Waals surface area contributed by atoms with Gasteiger partial charge in [0, 0.05) is 23.3 Å². The van der Waals surface area contributed by atoms with E-state index in [0.29, 0.717) is 6.04 Å². The topological polar surface area (TPSA) is 29.3 Å². The summed E-state index contributed by atoms with van der Waals surface area (Å²) >= 11 is 1.85. The van der Waals surface area contributed by atoms with Gasteiger partial charge in [0.05, 0.1) is 0 Å². The first-order valence-corrected chi connectivity index (χ1v) is 9.15. The minimum Gasteiger partial charge on any atom is -0.329 e. The second-order valence-corrected chi connectivity index (χ2v) is 7.03. The largest absolute Gasteiger partial charge is 0.329 e. The molecule has 0 bridgehead atoms. The van der Waals surface area contributed by atoms with E-state index in [2.05, 4.69) is 41.5 Å². The lowest BCUT2D eigenvalue weighted by molar-refractivity contribution is 0.0921. The van der Waals surface area contributed by atoms with Gasteiger partial charge in [-0.25, -0.2) is 0 Å². The zero-order chi connectivity index (χ0) is 14.7. The first-order chi connectivity index (χ1) is 10.3. The van der Waals surface area contributed by atoms with E-state index in [1.54, 1.807) is 0 Å². The molecular formula is C18H26N2S. The number of hydrogen-bond donors (Lipinski definition) is 1. The van der Waals surface area contributed by atoms with E-state index in [4.69, 9.17) is 5.73 Å². The van der Waals surface area contributed by atoms with E-state index in [0.717, 1.165) is 12.6 Å². The third kappa shape index (κ3) is 3.01. The maximum atomic E-state index is 6.21. The Labute approximate surface area is 131 Å². The fourth-order valence-corrected chi connectivity index (χ4v) is 4.78. The van der Waals surface area contributed by atoms with E-state index in [1.807, 2.05) is 11.3 Å². The zero-order valence-corrected chi connectivity index (χ0v) is 13.7. The van der Waals surface area contributed by atoms with Crippen LogP contribution in [0.4, 0.5) is 0 Å². The van der Waals surface area contributed by atoms with Gasteiger partial charge in [-0.05, 0) is 48.2 Å². The van der Waals surface area contributed by atoms with Crippen molar-refractivity contribution in [3.8, 4) is 0 Å². The Hall–Kier alpha value is -0.900. The van der Waals surface area contributed by atoms with Crippen molar-refractivity contribution in [3.63, 3.8) is 0 Å². The van der Waals surface area contributed by atoms with Crippen LogP contribution in [0.15, 0.2) is 29.6 Å². The smallest absolute Gasteiger partial charge is 0.0487 e. The lowest BCUT2D eigenvalue weighted by Gasteiger charge is -2.41. The SMILES string of the molecule is CCCC1CCCCN1C(CN)c1csc2ccccc12. The molecule has 0 amide bonds. The lowest BCUT2D eigenvalue weighted by atomic mass is 9.93. The molecule has 2 unspecified atom stereocenters. The number of benzene rings is 1. The fraction of sp³-hybridized carbons (Fsp3) is 0.556. The van der Waals surface area contributed by atoms with Crippen LogP contribution in [0.5, 0.6) is 0 Å². The Morgan fingerprint density at radius 3 is 3.00 bits per heavy atom. The average molecular weight is 302 g/mol. The molecule has 1 aliphatic heterocycles. The van der Waals surface area contributed by atoms with Crippen LogP contribution in [0.3, 0.4) is 0 Å². The molecule has 2 atom stereocenters. The van der Waals surface area contributed by atoms with Crippen LogP contribution < -0.4 is 5.73 Å². The van der Waals surface area contributed by atoms with Crippen molar-refractivity contribution < 1.29 is 0 Å². The number of nitrogens with two attached hydrogens (primary N) is 1. The van der Waals surface area contributed by atoms with Gasteiger partial charge in [0.2, 0.25) is 0 Å². The second-order valence-electron chi connectivity index (χ2n) is 6.11. The molecule has 1 saturated heterocycles. The van der Waals surface area contributed by atoms with E-state index in [1.165, 1.54) is 54.3 Å². The van der Waals surface area contributed by atoms with Crippen LogP contribution >= 0.6 is 11.3 Å². The second kappa shape index (κ2) is 6.91. The van der Waals surface area contributed by atoms with Crippen molar-refractivity contribution in [2.24, 2.45) is 5.73 Å². The standard InChI is InChI=1S/C18H26N2S/c1-2-7-14-8-5-6-11-20(14)17(12-19)16-13-21-18-10-4-3-9-15(16)18/h3-4,9-10,13-14,17H,2,5-8,11-12,19H2,1H3. The molecule has 2 nitrogen and oxygen atoms in total. The molecule has 1 aliphatic rings. The maximum absolute atomic E-state index is 6.21. The Kier molecular flexibility index (Phi) is 4.94. The van der Waals surface area contributed by atoms with Gasteiger partial charge in [-0.1, -0.05) is 38.0 Å². The molecule has 0 saturated carbocycles. The molecule has 3 rings (SSSR count). The highest BCUT2D eigenvalue weighted by Gasteiger charge is 2.29. The highest BCUT2D eigenvalue weighted by molar-refractivity contribution is 7.17. The fourth-order valence-electron chi connectivity index (χ4n) is 3.77. The number of likely N-dealkylation sites (tertiary alicyclic amines) is 1. The Morgan fingerprint density at radius 2 is 2.19 bits per heavy atom. The molecule has 0 radical (unpaired) electrons. The summed E-state index contributed by atoms with van der Waals surface area (Å²) in [4.78, 5) is 2.70. The molecule has 0 aliphatic carbocycles. The summed E-state index contributed by atoms with van der Waals surface area (Å²) in [6.07, 6.45) is 6.61. The quantitative estimate of drug-likeness (QED) is 0.877. The van der Waals surface area contributed by atoms with E-state index in [-0.39, 0.29) is 0 Å². The summed E-state index contributed by atoms with van der Waals surface area (Å²) in [5.41, 5.74) is 7.65. The first-order valence-electron chi connectivity index (χ1n) is 8.27. The summed E-state index contributed by atoms with van der Waals surface area (Å²) < 4.78 is 1.38. The molecule has 2 heterocycles. The molecule has 3 heteroatoms. The Morgan fingerprint density at radius 1 is 1.33 bits per heavy atom. The molecule has 1 aromatic carbocycles. The summed E-state index contributed by atoms with van der Waals surface area (Å²) in [6, 6.07) is 9.85. The van der Waals surface area contributed by atoms with E-state index in [9.17, 15) is 0 Å². The molecule has 0 spiro atoms. The van der Waals surface area contributed by atoms with Gasteiger partial charge in [0.15, 0.2) is 0 Å². The minimum absolute atomic E-state index is 0.387. The number of piperidine rings is 1. The van der Waals surface area contributed by atoms with Crippen LogP contribution in [-0.4, -0.2) is 24.0 Å².